The minimum atomic E-state index is -0.903. The fourth-order valence-corrected chi connectivity index (χ4v) is 4.83. The van der Waals surface area contributed by atoms with Gasteiger partial charge >= 0.3 is 5.97 Å². The van der Waals surface area contributed by atoms with E-state index in [4.69, 9.17) is 4.74 Å². The quantitative estimate of drug-likeness (QED) is 0.391. The molecule has 8 nitrogen and oxygen atoms in total. The van der Waals surface area contributed by atoms with Crippen LogP contribution in [0.5, 0.6) is 0 Å². The van der Waals surface area contributed by atoms with Crippen molar-refractivity contribution < 1.29 is 28.7 Å². The fraction of sp³-hybridized carbons (Fsp3) is 0.207. The largest absolute Gasteiger partial charge is 0.452 e. The molecule has 0 atom stereocenters. The lowest BCUT2D eigenvalue weighted by molar-refractivity contribution is -0.119. The standard InChI is InChI=1S/C29H24N2O6/c32-24(31-23-15-6-5-12-20(23)28(35)30-17-8-1-2-9-17)16-37-29(36)22-14-7-13-21-25(22)27(34)19-11-4-3-10-18(19)26(21)33/h3-7,10-15,17H,1-2,8-9,16H2,(H,30,35)(H,31,32). The van der Waals surface area contributed by atoms with Crippen LogP contribution in [0.25, 0.3) is 0 Å². The molecule has 3 aromatic carbocycles. The van der Waals surface area contributed by atoms with E-state index in [2.05, 4.69) is 10.6 Å². The number of para-hydroxylation sites is 1. The first-order valence-electron chi connectivity index (χ1n) is 12.1. The van der Waals surface area contributed by atoms with Gasteiger partial charge < -0.3 is 15.4 Å². The van der Waals surface area contributed by atoms with Gasteiger partial charge in [0.2, 0.25) is 0 Å². The molecule has 0 aromatic heterocycles. The molecule has 0 aliphatic heterocycles. The van der Waals surface area contributed by atoms with Crippen molar-refractivity contribution in [2.45, 2.75) is 31.7 Å². The number of nitrogens with one attached hydrogen (secondary N) is 2. The second kappa shape index (κ2) is 10.2. The van der Waals surface area contributed by atoms with Gasteiger partial charge in [-0.3, -0.25) is 19.2 Å². The molecule has 1 saturated carbocycles. The summed E-state index contributed by atoms with van der Waals surface area (Å²) in [5, 5.41) is 5.61. The summed E-state index contributed by atoms with van der Waals surface area (Å²) in [5.41, 5.74) is 1.10. The Labute approximate surface area is 213 Å². The fourth-order valence-electron chi connectivity index (χ4n) is 4.83. The van der Waals surface area contributed by atoms with E-state index in [0.717, 1.165) is 25.7 Å². The van der Waals surface area contributed by atoms with Gasteiger partial charge in [-0.05, 0) is 31.0 Å². The predicted octanol–water partition coefficient (Wildman–Crippen LogP) is 3.93. The molecular weight excluding hydrogens is 472 g/mol. The van der Waals surface area contributed by atoms with Gasteiger partial charge in [0, 0.05) is 28.3 Å². The zero-order chi connectivity index (χ0) is 25.9. The zero-order valence-electron chi connectivity index (χ0n) is 19.9. The Hall–Kier alpha value is -4.59. The molecule has 0 radical (unpaired) electrons. The molecule has 3 aromatic rings. The smallest absolute Gasteiger partial charge is 0.339 e. The van der Waals surface area contributed by atoms with Gasteiger partial charge in [-0.15, -0.1) is 0 Å². The summed E-state index contributed by atoms with van der Waals surface area (Å²) in [6.45, 7) is -0.639. The van der Waals surface area contributed by atoms with Gasteiger partial charge in [0.15, 0.2) is 18.2 Å². The average molecular weight is 497 g/mol. The summed E-state index contributed by atoms with van der Waals surface area (Å²) in [4.78, 5) is 64.2. The summed E-state index contributed by atoms with van der Waals surface area (Å²) >= 11 is 0. The summed E-state index contributed by atoms with van der Waals surface area (Å²) in [6.07, 6.45) is 4.01. The number of anilines is 1. The number of ketones is 2. The predicted molar refractivity (Wildman–Crippen MR) is 135 cm³/mol. The number of esters is 1. The molecule has 37 heavy (non-hydrogen) atoms. The Morgan fingerprint density at radius 3 is 2.14 bits per heavy atom. The number of hydrogen-bond donors (Lipinski definition) is 2. The van der Waals surface area contributed by atoms with E-state index in [9.17, 15) is 24.0 Å². The van der Waals surface area contributed by atoms with Crippen LogP contribution in [0.15, 0.2) is 66.7 Å². The Morgan fingerprint density at radius 2 is 1.38 bits per heavy atom. The summed E-state index contributed by atoms with van der Waals surface area (Å²) in [6, 6.07) is 17.5. The van der Waals surface area contributed by atoms with E-state index < -0.39 is 24.3 Å². The second-order valence-electron chi connectivity index (χ2n) is 9.06. The number of amides is 2. The lowest BCUT2D eigenvalue weighted by Crippen LogP contribution is -2.33. The Bertz CT molecular complexity index is 1440. The van der Waals surface area contributed by atoms with Crippen LogP contribution in [0.1, 0.15) is 78.2 Å². The van der Waals surface area contributed by atoms with E-state index in [1.54, 1.807) is 42.5 Å². The van der Waals surface area contributed by atoms with Gasteiger partial charge in [-0.2, -0.15) is 0 Å². The molecule has 0 unspecified atom stereocenters. The summed E-state index contributed by atoms with van der Waals surface area (Å²) in [7, 11) is 0. The van der Waals surface area contributed by atoms with Crippen molar-refractivity contribution in [2.75, 3.05) is 11.9 Å². The van der Waals surface area contributed by atoms with E-state index >= 15 is 0 Å². The van der Waals surface area contributed by atoms with Crippen LogP contribution in [-0.2, 0) is 9.53 Å². The van der Waals surface area contributed by atoms with E-state index in [0.29, 0.717) is 11.3 Å². The van der Waals surface area contributed by atoms with Gasteiger partial charge in [-0.1, -0.05) is 61.4 Å². The second-order valence-corrected chi connectivity index (χ2v) is 9.06. The van der Waals surface area contributed by atoms with Gasteiger partial charge in [0.25, 0.3) is 11.8 Å². The number of hydrogen-bond acceptors (Lipinski definition) is 6. The molecular formula is C29H24N2O6. The molecule has 0 heterocycles. The van der Waals surface area contributed by atoms with Crippen LogP contribution in [-0.4, -0.2) is 42.0 Å². The summed E-state index contributed by atoms with van der Waals surface area (Å²) < 4.78 is 5.19. The number of carbonyl (C=O) groups excluding carboxylic acids is 5. The van der Waals surface area contributed by atoms with Crippen LogP contribution in [0.4, 0.5) is 5.69 Å². The first-order valence-corrected chi connectivity index (χ1v) is 12.1. The van der Waals surface area contributed by atoms with Crippen molar-refractivity contribution in [3.05, 3.63) is 100 Å². The minimum absolute atomic E-state index is 0.0365. The molecule has 8 heteroatoms. The third-order valence-electron chi connectivity index (χ3n) is 6.64. The molecule has 2 aliphatic carbocycles. The highest BCUT2D eigenvalue weighted by molar-refractivity contribution is 6.30. The van der Waals surface area contributed by atoms with Crippen LogP contribution in [0.2, 0.25) is 0 Å². The number of rotatable bonds is 6. The zero-order valence-corrected chi connectivity index (χ0v) is 19.9. The van der Waals surface area contributed by atoms with E-state index in [1.807, 2.05) is 0 Å². The van der Waals surface area contributed by atoms with Crippen LogP contribution < -0.4 is 10.6 Å². The Morgan fingerprint density at radius 1 is 0.757 bits per heavy atom. The van der Waals surface area contributed by atoms with E-state index in [-0.39, 0.29) is 45.5 Å². The maximum absolute atomic E-state index is 13.1. The first kappa shape index (κ1) is 24.1. The van der Waals surface area contributed by atoms with Crippen molar-refractivity contribution >= 4 is 35.0 Å². The normalized spacial score (nSPS) is 14.5. The summed E-state index contributed by atoms with van der Waals surface area (Å²) in [5.74, 6) is -2.64. The Balaban J connectivity index is 1.28. The number of carbonyl (C=O) groups is 5. The van der Waals surface area contributed by atoms with E-state index in [1.165, 1.54) is 24.3 Å². The molecule has 0 bridgehead atoms. The molecule has 186 valence electrons. The van der Waals surface area contributed by atoms with Crippen molar-refractivity contribution in [1.29, 1.82) is 0 Å². The lowest BCUT2D eigenvalue weighted by Gasteiger charge is -2.19. The lowest BCUT2D eigenvalue weighted by atomic mass is 9.82. The maximum Gasteiger partial charge on any atom is 0.339 e. The van der Waals surface area contributed by atoms with Gasteiger partial charge in [0.1, 0.15) is 0 Å². The maximum atomic E-state index is 13.1. The van der Waals surface area contributed by atoms with Crippen molar-refractivity contribution in [3.8, 4) is 0 Å². The first-order chi connectivity index (χ1) is 17.9. The minimum Gasteiger partial charge on any atom is -0.452 e. The molecule has 0 spiro atoms. The van der Waals surface area contributed by atoms with Crippen molar-refractivity contribution in [2.24, 2.45) is 0 Å². The SMILES string of the molecule is O=C(COC(=O)c1cccc2c1C(=O)c1ccccc1C2=O)Nc1ccccc1C(=O)NC1CCCC1. The highest BCUT2D eigenvalue weighted by Gasteiger charge is 2.33. The average Bonchev–Trinajstić information content (AvgIpc) is 3.43. The topological polar surface area (TPSA) is 119 Å². The molecule has 5 rings (SSSR count). The van der Waals surface area contributed by atoms with Crippen LogP contribution in [0.3, 0.4) is 0 Å². The highest BCUT2D eigenvalue weighted by Crippen LogP contribution is 2.30. The third kappa shape index (κ3) is 4.78. The van der Waals surface area contributed by atoms with Crippen molar-refractivity contribution in [1.82, 2.24) is 5.32 Å². The number of fused-ring (bicyclic) bond motifs is 2. The van der Waals surface area contributed by atoms with Crippen molar-refractivity contribution in [3.63, 3.8) is 0 Å². The number of benzene rings is 3. The highest BCUT2D eigenvalue weighted by atomic mass is 16.5. The molecule has 2 N–H and O–H groups in total. The Kier molecular flexibility index (Phi) is 6.64. The number of ether oxygens (including phenoxy) is 1. The molecule has 0 saturated heterocycles. The van der Waals surface area contributed by atoms with Gasteiger partial charge in [0.05, 0.1) is 16.8 Å². The van der Waals surface area contributed by atoms with Crippen LogP contribution in [0, 0.1) is 0 Å². The monoisotopic (exact) mass is 496 g/mol. The molecule has 2 aliphatic rings. The van der Waals surface area contributed by atoms with Crippen LogP contribution >= 0.6 is 0 Å². The molecule has 2 amide bonds. The van der Waals surface area contributed by atoms with Gasteiger partial charge in [-0.25, -0.2) is 4.79 Å². The third-order valence-corrected chi connectivity index (χ3v) is 6.64. The molecule has 1 fully saturated rings.